The lowest BCUT2D eigenvalue weighted by Gasteiger charge is -2.14. The maximum Gasteiger partial charge on any atom is 0.435 e. The lowest BCUT2D eigenvalue weighted by atomic mass is 9.95. The van der Waals surface area contributed by atoms with Crippen molar-refractivity contribution < 1.29 is 18.0 Å². The number of hydrogen-bond acceptors (Lipinski definition) is 3. The number of nitrogens with one attached hydrogen (secondary N) is 1. The standard InChI is InChI=1S/C18H21F3N4O/c19-18(20,21)17-13-7-1-2-8-14(13)25(24-17)12-6-4-10-16(26)23-15-9-3-5-11-22-15/h3,5,9,11H,1-2,4,6-8,10,12H2,(H,22,23,26). The molecule has 0 aromatic carbocycles. The molecule has 140 valence electrons. The molecule has 2 aromatic rings. The van der Waals surface area contributed by atoms with Gasteiger partial charge in [0.05, 0.1) is 0 Å². The minimum atomic E-state index is -4.41. The summed E-state index contributed by atoms with van der Waals surface area (Å²) in [6, 6.07) is 5.24. The Morgan fingerprint density at radius 3 is 2.73 bits per heavy atom. The predicted octanol–water partition coefficient (Wildman–Crippen LogP) is 3.98. The highest BCUT2D eigenvalue weighted by Gasteiger charge is 2.39. The maximum atomic E-state index is 13.2. The molecule has 0 spiro atoms. The van der Waals surface area contributed by atoms with Gasteiger partial charge >= 0.3 is 6.18 Å². The van der Waals surface area contributed by atoms with Crippen molar-refractivity contribution in [2.75, 3.05) is 5.32 Å². The largest absolute Gasteiger partial charge is 0.435 e. The predicted molar refractivity (Wildman–Crippen MR) is 90.6 cm³/mol. The number of anilines is 1. The van der Waals surface area contributed by atoms with Crippen LogP contribution in [0, 0.1) is 0 Å². The molecule has 1 aliphatic carbocycles. The molecule has 0 unspecified atom stereocenters. The molecule has 2 heterocycles. The molecule has 0 radical (unpaired) electrons. The SMILES string of the molecule is O=C(CCCCn1nc(C(F)(F)F)c2c1CCCC2)Nc1ccccn1. The summed E-state index contributed by atoms with van der Waals surface area (Å²) in [6.07, 6.45) is 1.40. The summed E-state index contributed by atoms with van der Waals surface area (Å²) in [4.78, 5) is 15.9. The van der Waals surface area contributed by atoms with Gasteiger partial charge in [-0.05, 0) is 50.7 Å². The molecule has 8 heteroatoms. The zero-order valence-corrected chi connectivity index (χ0v) is 14.4. The van der Waals surface area contributed by atoms with E-state index in [1.54, 1.807) is 24.4 Å². The fourth-order valence-corrected chi connectivity index (χ4v) is 3.27. The van der Waals surface area contributed by atoms with Gasteiger partial charge in [-0.25, -0.2) is 4.98 Å². The van der Waals surface area contributed by atoms with Crippen LogP contribution in [-0.4, -0.2) is 20.7 Å². The van der Waals surface area contributed by atoms with Gasteiger partial charge in [-0.1, -0.05) is 6.07 Å². The van der Waals surface area contributed by atoms with E-state index in [0.29, 0.717) is 55.7 Å². The van der Waals surface area contributed by atoms with E-state index >= 15 is 0 Å². The lowest BCUT2D eigenvalue weighted by Crippen LogP contribution is -2.13. The quantitative estimate of drug-likeness (QED) is 0.787. The van der Waals surface area contributed by atoms with Crippen molar-refractivity contribution in [2.45, 2.75) is 57.7 Å². The Morgan fingerprint density at radius 1 is 1.19 bits per heavy atom. The van der Waals surface area contributed by atoms with E-state index in [4.69, 9.17) is 0 Å². The van der Waals surface area contributed by atoms with Crippen LogP contribution in [0.4, 0.5) is 19.0 Å². The smallest absolute Gasteiger partial charge is 0.311 e. The van der Waals surface area contributed by atoms with Crippen molar-refractivity contribution in [1.82, 2.24) is 14.8 Å². The number of aromatic nitrogens is 3. The molecule has 0 bridgehead atoms. The van der Waals surface area contributed by atoms with Crippen LogP contribution in [0.3, 0.4) is 0 Å². The van der Waals surface area contributed by atoms with Crippen molar-refractivity contribution in [2.24, 2.45) is 0 Å². The second-order valence-corrected chi connectivity index (χ2v) is 6.42. The lowest BCUT2D eigenvalue weighted by molar-refractivity contribution is -0.142. The number of amides is 1. The Balaban J connectivity index is 1.53. The molecule has 0 saturated heterocycles. The van der Waals surface area contributed by atoms with Crippen LogP contribution < -0.4 is 5.32 Å². The summed E-state index contributed by atoms with van der Waals surface area (Å²) >= 11 is 0. The van der Waals surface area contributed by atoms with Gasteiger partial charge in [0.2, 0.25) is 5.91 Å². The summed E-state index contributed by atoms with van der Waals surface area (Å²) in [5.74, 6) is 0.343. The van der Waals surface area contributed by atoms with E-state index in [-0.39, 0.29) is 5.91 Å². The van der Waals surface area contributed by atoms with Crippen LogP contribution in [0.1, 0.15) is 49.1 Å². The Hall–Kier alpha value is -2.38. The third-order valence-electron chi connectivity index (χ3n) is 4.48. The topological polar surface area (TPSA) is 59.8 Å². The van der Waals surface area contributed by atoms with Crippen LogP contribution in [0.25, 0.3) is 0 Å². The second-order valence-electron chi connectivity index (χ2n) is 6.42. The van der Waals surface area contributed by atoms with Gasteiger partial charge in [0, 0.05) is 30.4 Å². The number of halogens is 3. The van der Waals surface area contributed by atoms with Crippen LogP contribution in [0.5, 0.6) is 0 Å². The Labute approximate surface area is 149 Å². The zero-order valence-electron chi connectivity index (χ0n) is 14.4. The highest BCUT2D eigenvalue weighted by atomic mass is 19.4. The van der Waals surface area contributed by atoms with Gasteiger partial charge in [0.25, 0.3) is 0 Å². The van der Waals surface area contributed by atoms with E-state index in [1.165, 1.54) is 4.68 Å². The summed E-state index contributed by atoms with van der Waals surface area (Å²) in [6.45, 7) is 0.398. The monoisotopic (exact) mass is 366 g/mol. The van der Waals surface area contributed by atoms with Gasteiger partial charge in [0.1, 0.15) is 5.82 Å². The summed E-state index contributed by atoms with van der Waals surface area (Å²) < 4.78 is 41.0. The van der Waals surface area contributed by atoms with Crippen molar-refractivity contribution in [3.05, 3.63) is 41.3 Å². The molecule has 0 saturated carbocycles. The molecular weight excluding hydrogens is 345 g/mol. The highest BCUT2D eigenvalue weighted by molar-refractivity contribution is 5.89. The summed E-state index contributed by atoms with van der Waals surface area (Å²) in [5, 5.41) is 6.52. The molecule has 3 rings (SSSR count). The van der Waals surface area contributed by atoms with Crippen LogP contribution in [0.15, 0.2) is 24.4 Å². The third kappa shape index (κ3) is 4.42. The van der Waals surface area contributed by atoms with Gasteiger partial charge in [-0.3, -0.25) is 9.48 Å². The number of carbonyl (C=O) groups is 1. The molecule has 5 nitrogen and oxygen atoms in total. The number of fused-ring (bicyclic) bond motifs is 1. The Bertz CT molecular complexity index is 756. The van der Waals surface area contributed by atoms with Gasteiger partial charge in [0.15, 0.2) is 5.69 Å². The molecule has 26 heavy (non-hydrogen) atoms. The molecule has 1 amide bonds. The van der Waals surface area contributed by atoms with E-state index in [1.807, 2.05) is 0 Å². The summed E-state index contributed by atoms with van der Waals surface area (Å²) in [5.41, 5.74) is 0.332. The normalized spacial score (nSPS) is 14.1. The number of nitrogens with zero attached hydrogens (tertiary/aromatic N) is 3. The number of alkyl halides is 3. The molecule has 0 fully saturated rings. The number of carbonyl (C=O) groups excluding carboxylic acids is 1. The van der Waals surface area contributed by atoms with Crippen LogP contribution in [0.2, 0.25) is 0 Å². The fourth-order valence-electron chi connectivity index (χ4n) is 3.27. The van der Waals surface area contributed by atoms with Crippen molar-refractivity contribution in [3.63, 3.8) is 0 Å². The van der Waals surface area contributed by atoms with Crippen LogP contribution in [-0.2, 0) is 30.4 Å². The van der Waals surface area contributed by atoms with Gasteiger partial charge in [-0.2, -0.15) is 18.3 Å². The molecule has 1 aliphatic rings. The first kappa shape index (κ1) is 18.4. The van der Waals surface area contributed by atoms with Crippen molar-refractivity contribution >= 4 is 11.7 Å². The van der Waals surface area contributed by atoms with Gasteiger partial charge in [-0.15, -0.1) is 0 Å². The molecule has 2 aromatic heterocycles. The third-order valence-corrected chi connectivity index (χ3v) is 4.48. The number of unbranched alkanes of at least 4 members (excludes halogenated alkanes) is 1. The van der Waals surface area contributed by atoms with E-state index < -0.39 is 11.9 Å². The van der Waals surface area contributed by atoms with E-state index in [9.17, 15) is 18.0 Å². The minimum absolute atomic E-state index is 0.151. The number of aryl methyl sites for hydroxylation is 1. The van der Waals surface area contributed by atoms with Crippen molar-refractivity contribution in [3.8, 4) is 0 Å². The number of pyridine rings is 1. The molecule has 0 atom stereocenters. The van der Waals surface area contributed by atoms with Crippen molar-refractivity contribution in [1.29, 1.82) is 0 Å². The minimum Gasteiger partial charge on any atom is -0.311 e. The Kier molecular flexibility index (Phi) is 5.58. The number of rotatable bonds is 6. The number of hydrogen-bond donors (Lipinski definition) is 1. The first-order valence-corrected chi connectivity index (χ1v) is 8.82. The molecular formula is C18H21F3N4O. The average Bonchev–Trinajstić information content (AvgIpc) is 2.99. The first-order chi connectivity index (χ1) is 12.4. The Morgan fingerprint density at radius 2 is 2.00 bits per heavy atom. The second kappa shape index (κ2) is 7.88. The zero-order chi connectivity index (χ0) is 18.6. The summed E-state index contributed by atoms with van der Waals surface area (Å²) in [7, 11) is 0. The maximum absolute atomic E-state index is 13.2. The van der Waals surface area contributed by atoms with E-state index in [0.717, 1.165) is 12.8 Å². The van der Waals surface area contributed by atoms with Crippen LogP contribution >= 0.6 is 0 Å². The van der Waals surface area contributed by atoms with E-state index in [2.05, 4.69) is 15.4 Å². The first-order valence-electron chi connectivity index (χ1n) is 8.82. The fraction of sp³-hybridized carbons (Fsp3) is 0.500. The average molecular weight is 366 g/mol. The molecule has 0 aliphatic heterocycles. The highest BCUT2D eigenvalue weighted by Crippen LogP contribution is 2.35. The van der Waals surface area contributed by atoms with Gasteiger partial charge < -0.3 is 5.32 Å². The molecule has 1 N–H and O–H groups in total.